The van der Waals surface area contributed by atoms with Gasteiger partial charge in [-0.1, -0.05) is 5.16 Å². The summed E-state index contributed by atoms with van der Waals surface area (Å²) in [5.41, 5.74) is 6.05. The quantitative estimate of drug-likeness (QED) is 0.680. The molecular weight excluding hydrogens is 352 g/mol. The van der Waals surface area contributed by atoms with Gasteiger partial charge in [-0.15, -0.1) is 0 Å². The highest BCUT2D eigenvalue weighted by Gasteiger charge is 2.22. The first-order valence-corrected chi connectivity index (χ1v) is 10.1. The number of hydrogen-bond acceptors (Lipinski definition) is 6. The monoisotopic (exact) mass is 378 g/mol. The Labute approximate surface area is 164 Å². The van der Waals surface area contributed by atoms with Crippen molar-refractivity contribution in [2.45, 2.75) is 51.9 Å². The standard InChI is InChI=1S/C21H26N6O/c1-25(15-20-19-4-2-3-5-21(19)28-24-20)13-16-12-18-14-26(10-11-27(18)23-16)17-6-8-22-9-7-17/h6-9,12H,2-5,10-11,13-15H2,1H3. The van der Waals surface area contributed by atoms with Gasteiger partial charge in [0.25, 0.3) is 0 Å². The first kappa shape index (κ1) is 17.4. The molecule has 0 saturated heterocycles. The van der Waals surface area contributed by atoms with Gasteiger partial charge in [-0.25, -0.2) is 0 Å². The van der Waals surface area contributed by atoms with Crippen LogP contribution in [-0.4, -0.2) is 38.4 Å². The van der Waals surface area contributed by atoms with Crippen LogP contribution in [0.2, 0.25) is 0 Å². The van der Waals surface area contributed by atoms with E-state index in [-0.39, 0.29) is 0 Å². The summed E-state index contributed by atoms with van der Waals surface area (Å²) in [6, 6.07) is 6.38. The SMILES string of the molecule is CN(Cc1cc2n(n1)CCN(c1ccncc1)C2)Cc1noc2c1CCCC2. The molecule has 0 amide bonds. The Morgan fingerprint density at radius 1 is 1.11 bits per heavy atom. The summed E-state index contributed by atoms with van der Waals surface area (Å²) < 4.78 is 7.70. The lowest BCUT2D eigenvalue weighted by atomic mass is 9.96. The topological polar surface area (TPSA) is 63.2 Å². The number of rotatable bonds is 5. The second-order valence-electron chi connectivity index (χ2n) is 7.89. The average Bonchev–Trinajstić information content (AvgIpc) is 3.31. The van der Waals surface area contributed by atoms with E-state index < -0.39 is 0 Å². The van der Waals surface area contributed by atoms with Crippen LogP contribution < -0.4 is 4.90 Å². The number of aromatic nitrogens is 4. The first-order chi connectivity index (χ1) is 13.8. The van der Waals surface area contributed by atoms with Crippen molar-refractivity contribution in [1.29, 1.82) is 0 Å². The lowest BCUT2D eigenvalue weighted by molar-refractivity contribution is 0.296. The molecule has 0 aromatic carbocycles. The summed E-state index contributed by atoms with van der Waals surface area (Å²) in [5, 5.41) is 9.16. The van der Waals surface area contributed by atoms with Gasteiger partial charge < -0.3 is 9.42 Å². The molecule has 0 radical (unpaired) electrons. The third-order valence-electron chi connectivity index (χ3n) is 5.76. The van der Waals surface area contributed by atoms with E-state index in [4.69, 9.17) is 9.62 Å². The van der Waals surface area contributed by atoms with Gasteiger partial charge in [0.2, 0.25) is 0 Å². The molecule has 0 spiro atoms. The van der Waals surface area contributed by atoms with Crippen molar-refractivity contribution >= 4 is 5.69 Å². The van der Waals surface area contributed by atoms with Crippen molar-refractivity contribution in [1.82, 2.24) is 24.8 Å². The fourth-order valence-corrected chi connectivity index (χ4v) is 4.34. The smallest absolute Gasteiger partial charge is 0.140 e. The number of nitrogens with zero attached hydrogens (tertiary/aromatic N) is 6. The molecule has 0 saturated carbocycles. The molecule has 146 valence electrons. The van der Waals surface area contributed by atoms with E-state index in [2.05, 4.69) is 49.9 Å². The second-order valence-corrected chi connectivity index (χ2v) is 7.89. The van der Waals surface area contributed by atoms with Crippen LogP contribution in [0.4, 0.5) is 5.69 Å². The fraction of sp³-hybridized carbons (Fsp3) is 0.476. The molecular formula is C21H26N6O. The Morgan fingerprint density at radius 3 is 2.86 bits per heavy atom. The maximum absolute atomic E-state index is 5.55. The van der Waals surface area contributed by atoms with Gasteiger partial charge in [0.1, 0.15) is 11.5 Å². The summed E-state index contributed by atoms with van der Waals surface area (Å²) in [4.78, 5) is 8.78. The van der Waals surface area contributed by atoms with Crippen molar-refractivity contribution in [3.63, 3.8) is 0 Å². The van der Waals surface area contributed by atoms with Gasteiger partial charge in [-0.3, -0.25) is 14.6 Å². The third-order valence-corrected chi connectivity index (χ3v) is 5.76. The Morgan fingerprint density at radius 2 is 1.96 bits per heavy atom. The zero-order valence-electron chi connectivity index (χ0n) is 16.3. The zero-order valence-corrected chi connectivity index (χ0v) is 16.3. The molecule has 7 nitrogen and oxygen atoms in total. The van der Waals surface area contributed by atoms with Crippen LogP contribution in [0.15, 0.2) is 35.1 Å². The third kappa shape index (κ3) is 3.42. The maximum atomic E-state index is 5.55. The van der Waals surface area contributed by atoms with Gasteiger partial charge in [0.15, 0.2) is 0 Å². The van der Waals surface area contributed by atoms with Crippen molar-refractivity contribution < 1.29 is 4.52 Å². The predicted octanol–water partition coefficient (Wildman–Crippen LogP) is 2.80. The molecule has 0 atom stereocenters. The Hall–Kier alpha value is -2.67. The van der Waals surface area contributed by atoms with E-state index in [1.165, 1.54) is 29.8 Å². The minimum Gasteiger partial charge on any atom is -0.364 e. The minimum absolute atomic E-state index is 0.810. The predicted molar refractivity (Wildman–Crippen MR) is 106 cm³/mol. The molecule has 0 fully saturated rings. The molecule has 3 aromatic rings. The van der Waals surface area contributed by atoms with E-state index in [1.54, 1.807) is 0 Å². The molecule has 1 aliphatic carbocycles. The Bertz CT molecular complexity index is 947. The fourth-order valence-electron chi connectivity index (χ4n) is 4.34. The highest BCUT2D eigenvalue weighted by molar-refractivity contribution is 5.45. The van der Waals surface area contributed by atoms with Crippen molar-refractivity contribution in [3.05, 3.63) is 59.0 Å². The highest BCUT2D eigenvalue weighted by Crippen LogP contribution is 2.25. The van der Waals surface area contributed by atoms with Gasteiger partial charge in [-0.2, -0.15) is 5.10 Å². The number of fused-ring (bicyclic) bond motifs is 2. The summed E-state index contributed by atoms with van der Waals surface area (Å²) in [6.45, 7) is 4.40. The summed E-state index contributed by atoms with van der Waals surface area (Å²) in [5.74, 6) is 1.10. The number of hydrogen-bond donors (Lipinski definition) is 0. The average molecular weight is 378 g/mol. The van der Waals surface area contributed by atoms with E-state index in [0.29, 0.717) is 0 Å². The van der Waals surface area contributed by atoms with Crippen molar-refractivity contribution in [3.8, 4) is 0 Å². The van der Waals surface area contributed by atoms with E-state index in [0.717, 1.165) is 62.7 Å². The van der Waals surface area contributed by atoms with E-state index in [1.807, 2.05) is 12.4 Å². The van der Waals surface area contributed by atoms with Crippen molar-refractivity contribution in [2.75, 3.05) is 18.5 Å². The van der Waals surface area contributed by atoms with Crippen LogP contribution in [0.5, 0.6) is 0 Å². The van der Waals surface area contributed by atoms with Gasteiger partial charge >= 0.3 is 0 Å². The molecule has 7 heteroatoms. The second kappa shape index (κ2) is 7.39. The Balaban J connectivity index is 1.25. The van der Waals surface area contributed by atoms with Crippen molar-refractivity contribution in [2.24, 2.45) is 0 Å². The molecule has 2 aliphatic rings. The summed E-state index contributed by atoms with van der Waals surface area (Å²) >= 11 is 0. The number of pyridine rings is 1. The summed E-state index contributed by atoms with van der Waals surface area (Å²) in [6.07, 6.45) is 8.30. The van der Waals surface area contributed by atoms with Crippen LogP contribution in [0.3, 0.4) is 0 Å². The molecule has 0 unspecified atom stereocenters. The molecule has 28 heavy (non-hydrogen) atoms. The number of aryl methyl sites for hydroxylation is 1. The largest absolute Gasteiger partial charge is 0.364 e. The summed E-state index contributed by atoms with van der Waals surface area (Å²) in [7, 11) is 2.13. The van der Waals surface area contributed by atoms with Gasteiger partial charge in [-0.05, 0) is 44.5 Å². The highest BCUT2D eigenvalue weighted by atomic mass is 16.5. The first-order valence-electron chi connectivity index (χ1n) is 10.1. The van der Waals surface area contributed by atoms with Gasteiger partial charge in [0, 0.05) is 49.7 Å². The van der Waals surface area contributed by atoms with Crippen LogP contribution >= 0.6 is 0 Å². The zero-order chi connectivity index (χ0) is 18.9. The molecule has 0 N–H and O–H groups in total. The molecule has 1 aliphatic heterocycles. The van der Waals surface area contributed by atoms with E-state index in [9.17, 15) is 0 Å². The molecule has 3 aromatic heterocycles. The molecule has 5 rings (SSSR count). The van der Waals surface area contributed by atoms with Crippen LogP contribution in [-0.2, 0) is 39.0 Å². The van der Waals surface area contributed by atoms with Crippen LogP contribution in [0.1, 0.15) is 41.2 Å². The normalized spacial score (nSPS) is 16.3. The Kier molecular flexibility index (Phi) is 4.60. The molecule has 0 bridgehead atoms. The maximum Gasteiger partial charge on any atom is 0.140 e. The van der Waals surface area contributed by atoms with Crippen LogP contribution in [0.25, 0.3) is 0 Å². The molecule has 4 heterocycles. The van der Waals surface area contributed by atoms with E-state index >= 15 is 0 Å². The lowest BCUT2D eigenvalue weighted by Gasteiger charge is -2.29. The van der Waals surface area contributed by atoms with Crippen LogP contribution in [0, 0.1) is 0 Å². The lowest BCUT2D eigenvalue weighted by Crippen LogP contribution is -2.33. The number of anilines is 1. The minimum atomic E-state index is 0.810. The van der Waals surface area contributed by atoms with Gasteiger partial charge in [0.05, 0.1) is 24.5 Å².